The van der Waals surface area contributed by atoms with Crippen LogP contribution in [0, 0.1) is 13.8 Å². The van der Waals surface area contributed by atoms with E-state index in [0.717, 1.165) is 5.56 Å². The highest BCUT2D eigenvalue weighted by Crippen LogP contribution is 2.24. The topological polar surface area (TPSA) is 72.5 Å². The maximum absolute atomic E-state index is 12.9. The van der Waals surface area contributed by atoms with E-state index in [1.54, 1.807) is 26.8 Å². The second-order valence-electron chi connectivity index (χ2n) is 5.98. The Labute approximate surface area is 159 Å². The molecule has 0 saturated heterocycles. The Balaban J connectivity index is 2.34. The number of esters is 1. The van der Waals surface area contributed by atoms with Crippen molar-refractivity contribution in [2.75, 3.05) is 6.61 Å². The molecule has 1 N–H and O–H groups in total. The summed E-state index contributed by atoms with van der Waals surface area (Å²) in [5.74, 6) is -0.608. The standard InChI is InChI=1S/C19H22ClNO4S/c1-4-25-19(22)17(12-15-8-6-5-7-9-15)21-26(23,24)18-11-13(2)16(20)10-14(18)3/h5-11,17,21H,4,12H2,1-3H3. The molecule has 0 heterocycles. The van der Waals surface area contributed by atoms with Crippen molar-refractivity contribution >= 4 is 27.6 Å². The van der Waals surface area contributed by atoms with E-state index >= 15 is 0 Å². The lowest BCUT2D eigenvalue weighted by molar-refractivity contribution is -0.145. The number of sulfonamides is 1. The number of carbonyl (C=O) groups excluding carboxylic acids is 1. The van der Waals surface area contributed by atoms with E-state index in [1.165, 1.54) is 6.07 Å². The molecule has 1 unspecified atom stereocenters. The molecule has 140 valence electrons. The molecule has 0 aliphatic heterocycles. The van der Waals surface area contributed by atoms with Gasteiger partial charge in [-0.25, -0.2) is 8.42 Å². The molecule has 0 fully saturated rings. The van der Waals surface area contributed by atoms with Crippen molar-refractivity contribution < 1.29 is 17.9 Å². The number of benzene rings is 2. The van der Waals surface area contributed by atoms with E-state index in [0.29, 0.717) is 16.1 Å². The molecule has 0 aliphatic rings. The number of carbonyl (C=O) groups is 1. The highest BCUT2D eigenvalue weighted by atomic mass is 35.5. The summed E-state index contributed by atoms with van der Waals surface area (Å²) in [4.78, 5) is 12.4. The first-order valence-corrected chi connectivity index (χ1v) is 10.1. The van der Waals surface area contributed by atoms with E-state index < -0.39 is 22.0 Å². The first-order valence-electron chi connectivity index (χ1n) is 8.24. The fourth-order valence-corrected chi connectivity index (χ4v) is 4.27. The molecule has 0 amide bonds. The Morgan fingerprint density at radius 3 is 2.42 bits per heavy atom. The van der Waals surface area contributed by atoms with Crippen LogP contribution >= 0.6 is 11.6 Å². The lowest BCUT2D eigenvalue weighted by Crippen LogP contribution is -2.43. The summed E-state index contributed by atoms with van der Waals surface area (Å²) < 4.78 is 33.3. The van der Waals surface area contributed by atoms with Crippen molar-refractivity contribution in [1.82, 2.24) is 4.72 Å². The monoisotopic (exact) mass is 395 g/mol. The molecule has 7 heteroatoms. The summed E-state index contributed by atoms with van der Waals surface area (Å²) in [5, 5.41) is 0.493. The molecule has 0 bridgehead atoms. The van der Waals surface area contributed by atoms with E-state index in [4.69, 9.17) is 16.3 Å². The van der Waals surface area contributed by atoms with Crippen molar-refractivity contribution in [3.05, 3.63) is 64.2 Å². The van der Waals surface area contributed by atoms with Crippen LogP contribution in [0.4, 0.5) is 0 Å². The Morgan fingerprint density at radius 2 is 1.81 bits per heavy atom. The van der Waals surface area contributed by atoms with Crippen LogP contribution in [0.25, 0.3) is 0 Å². The molecule has 1 atom stereocenters. The molecule has 0 aliphatic carbocycles. The maximum atomic E-state index is 12.9. The minimum absolute atomic E-state index is 0.0989. The second kappa shape index (κ2) is 8.66. The maximum Gasteiger partial charge on any atom is 0.324 e. The number of hydrogen-bond acceptors (Lipinski definition) is 4. The van der Waals surface area contributed by atoms with Gasteiger partial charge in [-0.15, -0.1) is 0 Å². The van der Waals surface area contributed by atoms with Gasteiger partial charge in [-0.05, 0) is 56.0 Å². The van der Waals surface area contributed by atoms with Crippen LogP contribution in [0.1, 0.15) is 23.6 Å². The third-order valence-electron chi connectivity index (χ3n) is 3.90. The van der Waals surface area contributed by atoms with Crippen molar-refractivity contribution in [3.8, 4) is 0 Å². The number of nitrogens with one attached hydrogen (secondary N) is 1. The fourth-order valence-electron chi connectivity index (χ4n) is 2.56. The predicted octanol–water partition coefficient (Wildman–Crippen LogP) is 3.41. The smallest absolute Gasteiger partial charge is 0.324 e. The summed E-state index contributed by atoms with van der Waals surface area (Å²) in [7, 11) is -3.92. The summed E-state index contributed by atoms with van der Waals surface area (Å²) in [6, 6.07) is 11.3. The van der Waals surface area contributed by atoms with E-state index in [1.807, 2.05) is 30.3 Å². The summed E-state index contributed by atoms with van der Waals surface area (Å²) in [6.07, 6.45) is 0.199. The summed E-state index contributed by atoms with van der Waals surface area (Å²) in [5.41, 5.74) is 1.99. The molecule has 2 aromatic rings. The molecule has 0 radical (unpaired) electrons. The van der Waals surface area contributed by atoms with Gasteiger partial charge in [0.1, 0.15) is 6.04 Å². The molecular formula is C19H22ClNO4S. The van der Waals surface area contributed by atoms with Gasteiger partial charge in [0.15, 0.2) is 0 Å². The quantitative estimate of drug-likeness (QED) is 0.729. The number of ether oxygens (including phenoxy) is 1. The van der Waals surface area contributed by atoms with Crippen LogP contribution in [0.15, 0.2) is 47.4 Å². The van der Waals surface area contributed by atoms with Crippen molar-refractivity contribution in [3.63, 3.8) is 0 Å². The van der Waals surface area contributed by atoms with Gasteiger partial charge in [0.2, 0.25) is 10.0 Å². The van der Waals surface area contributed by atoms with Crippen LogP contribution in [-0.4, -0.2) is 27.0 Å². The number of halogens is 1. The van der Waals surface area contributed by atoms with Gasteiger partial charge in [0, 0.05) is 5.02 Å². The highest BCUT2D eigenvalue weighted by Gasteiger charge is 2.28. The normalized spacial score (nSPS) is 12.6. The Hall–Kier alpha value is -1.89. The van der Waals surface area contributed by atoms with Crippen LogP contribution in [-0.2, 0) is 26.0 Å². The number of hydrogen-bond donors (Lipinski definition) is 1. The highest BCUT2D eigenvalue weighted by molar-refractivity contribution is 7.89. The Morgan fingerprint density at radius 1 is 1.15 bits per heavy atom. The molecule has 26 heavy (non-hydrogen) atoms. The molecule has 5 nitrogen and oxygen atoms in total. The van der Waals surface area contributed by atoms with Gasteiger partial charge >= 0.3 is 5.97 Å². The van der Waals surface area contributed by atoms with Crippen LogP contribution in [0.3, 0.4) is 0 Å². The molecule has 0 aromatic heterocycles. The fraction of sp³-hybridized carbons (Fsp3) is 0.316. The first kappa shape index (κ1) is 20.4. The van der Waals surface area contributed by atoms with Gasteiger partial charge in [0.25, 0.3) is 0 Å². The van der Waals surface area contributed by atoms with Crippen LogP contribution in [0.2, 0.25) is 5.02 Å². The molecule has 0 saturated carbocycles. The van der Waals surface area contributed by atoms with Crippen molar-refractivity contribution in [2.45, 2.75) is 38.1 Å². The van der Waals surface area contributed by atoms with E-state index in [9.17, 15) is 13.2 Å². The minimum atomic E-state index is -3.92. The van der Waals surface area contributed by atoms with Gasteiger partial charge in [-0.3, -0.25) is 4.79 Å². The average molecular weight is 396 g/mol. The summed E-state index contributed by atoms with van der Waals surface area (Å²) >= 11 is 6.05. The van der Waals surface area contributed by atoms with E-state index in [2.05, 4.69) is 4.72 Å². The zero-order valence-electron chi connectivity index (χ0n) is 15.0. The molecular weight excluding hydrogens is 374 g/mol. The molecule has 2 rings (SSSR count). The average Bonchev–Trinajstić information content (AvgIpc) is 2.58. The SMILES string of the molecule is CCOC(=O)C(Cc1ccccc1)NS(=O)(=O)c1cc(C)c(Cl)cc1C. The molecule has 2 aromatic carbocycles. The van der Waals surface area contributed by atoms with Crippen molar-refractivity contribution in [1.29, 1.82) is 0 Å². The van der Waals surface area contributed by atoms with Crippen molar-refractivity contribution in [2.24, 2.45) is 0 Å². The second-order valence-corrected chi connectivity index (χ2v) is 8.07. The third kappa shape index (κ3) is 5.06. The van der Waals surface area contributed by atoms with Crippen LogP contribution in [0.5, 0.6) is 0 Å². The minimum Gasteiger partial charge on any atom is -0.465 e. The lowest BCUT2D eigenvalue weighted by Gasteiger charge is -2.19. The summed E-state index contributed by atoms with van der Waals surface area (Å²) in [6.45, 7) is 5.24. The third-order valence-corrected chi connectivity index (χ3v) is 5.92. The Bertz CT molecular complexity index is 882. The number of aryl methyl sites for hydroxylation is 2. The number of rotatable bonds is 7. The van der Waals surface area contributed by atoms with Gasteiger partial charge in [0.05, 0.1) is 11.5 Å². The molecule has 0 spiro atoms. The zero-order valence-corrected chi connectivity index (χ0v) is 16.5. The van der Waals surface area contributed by atoms with E-state index in [-0.39, 0.29) is 17.9 Å². The Kier molecular flexibility index (Phi) is 6.81. The van der Waals surface area contributed by atoms with Gasteiger partial charge < -0.3 is 4.74 Å². The lowest BCUT2D eigenvalue weighted by atomic mass is 10.1. The zero-order chi connectivity index (χ0) is 19.3. The largest absolute Gasteiger partial charge is 0.465 e. The predicted molar refractivity (Wildman–Crippen MR) is 102 cm³/mol. The van der Waals surface area contributed by atoms with Gasteiger partial charge in [-0.1, -0.05) is 41.9 Å². The first-order chi connectivity index (χ1) is 12.2. The van der Waals surface area contributed by atoms with Crippen LogP contribution < -0.4 is 4.72 Å². The van der Waals surface area contributed by atoms with Gasteiger partial charge in [-0.2, -0.15) is 4.72 Å².